The van der Waals surface area contributed by atoms with E-state index >= 15 is 0 Å². The molecule has 1 aromatic rings. The quantitative estimate of drug-likeness (QED) is 0.634. The summed E-state index contributed by atoms with van der Waals surface area (Å²) in [5.41, 5.74) is -0.211. The van der Waals surface area contributed by atoms with Crippen molar-refractivity contribution in [1.82, 2.24) is 0 Å². The van der Waals surface area contributed by atoms with Crippen LogP contribution in [-0.2, 0) is 21.3 Å². The fourth-order valence-corrected chi connectivity index (χ4v) is 3.16. The van der Waals surface area contributed by atoms with Crippen LogP contribution in [-0.4, -0.2) is 19.1 Å². The van der Waals surface area contributed by atoms with Gasteiger partial charge in [-0.2, -0.15) is 21.6 Å². The van der Waals surface area contributed by atoms with E-state index in [1.807, 2.05) is 0 Å². The van der Waals surface area contributed by atoms with Crippen molar-refractivity contribution in [3.8, 4) is 0 Å². The first-order valence-corrected chi connectivity index (χ1v) is 6.44. The van der Waals surface area contributed by atoms with Crippen LogP contribution in [0.4, 0.5) is 13.2 Å². The first kappa shape index (κ1) is 13.1. The van der Waals surface area contributed by atoms with E-state index in [9.17, 15) is 21.6 Å². The molecule has 18 heavy (non-hydrogen) atoms. The summed E-state index contributed by atoms with van der Waals surface area (Å²) in [6.45, 7) is 0. The number of fused-ring (bicyclic) bond motifs is 1. The SMILES string of the molecule is O=S(=O)(O)C1(C(F)(F)F)C=CCc2ccccc21. The smallest absolute Gasteiger partial charge is 0.284 e. The summed E-state index contributed by atoms with van der Waals surface area (Å²) < 4.78 is 67.9. The summed E-state index contributed by atoms with van der Waals surface area (Å²) in [6.07, 6.45) is -3.33. The molecule has 0 saturated heterocycles. The Labute approximate surface area is 102 Å². The number of rotatable bonds is 1. The van der Waals surface area contributed by atoms with E-state index in [1.165, 1.54) is 18.2 Å². The molecule has 1 aromatic carbocycles. The van der Waals surface area contributed by atoms with E-state index in [0.29, 0.717) is 6.08 Å². The molecule has 1 aliphatic rings. The predicted molar refractivity (Wildman–Crippen MR) is 58.6 cm³/mol. The maximum Gasteiger partial charge on any atom is 0.418 e. The zero-order chi connectivity index (χ0) is 13.6. The number of hydrogen-bond acceptors (Lipinski definition) is 2. The van der Waals surface area contributed by atoms with Gasteiger partial charge in [0.15, 0.2) is 0 Å². The highest BCUT2D eigenvalue weighted by Gasteiger charge is 2.64. The molecule has 0 aromatic heterocycles. The van der Waals surface area contributed by atoms with E-state index in [2.05, 4.69) is 0 Å². The molecule has 1 unspecified atom stereocenters. The maximum absolute atomic E-state index is 13.2. The van der Waals surface area contributed by atoms with Crippen LogP contribution in [0, 0.1) is 0 Å². The molecule has 0 aliphatic heterocycles. The van der Waals surface area contributed by atoms with Gasteiger partial charge < -0.3 is 0 Å². The van der Waals surface area contributed by atoms with Gasteiger partial charge in [0.25, 0.3) is 10.1 Å². The maximum atomic E-state index is 13.2. The van der Waals surface area contributed by atoms with Crippen molar-refractivity contribution in [1.29, 1.82) is 0 Å². The molecule has 0 heterocycles. The van der Waals surface area contributed by atoms with E-state index in [-0.39, 0.29) is 12.0 Å². The van der Waals surface area contributed by atoms with Gasteiger partial charge in [0.2, 0.25) is 4.75 Å². The molecule has 1 N–H and O–H groups in total. The van der Waals surface area contributed by atoms with E-state index in [4.69, 9.17) is 4.55 Å². The lowest BCUT2D eigenvalue weighted by atomic mass is 9.86. The second-order valence-corrected chi connectivity index (χ2v) is 5.57. The monoisotopic (exact) mass is 278 g/mol. The van der Waals surface area contributed by atoms with Gasteiger partial charge in [0, 0.05) is 0 Å². The van der Waals surface area contributed by atoms with Crippen molar-refractivity contribution in [3.05, 3.63) is 47.5 Å². The lowest BCUT2D eigenvalue weighted by molar-refractivity contribution is -0.154. The Balaban J connectivity index is 2.85. The van der Waals surface area contributed by atoms with E-state index in [0.717, 1.165) is 12.1 Å². The second-order valence-electron chi connectivity index (χ2n) is 3.97. The van der Waals surface area contributed by atoms with Crippen molar-refractivity contribution in [2.24, 2.45) is 0 Å². The van der Waals surface area contributed by atoms with Gasteiger partial charge in [-0.15, -0.1) is 0 Å². The molecule has 0 fully saturated rings. The van der Waals surface area contributed by atoms with Crippen LogP contribution in [0.15, 0.2) is 36.4 Å². The van der Waals surface area contributed by atoms with Gasteiger partial charge in [-0.25, -0.2) is 0 Å². The molecule has 2 rings (SSSR count). The number of allylic oxidation sites excluding steroid dienone is 1. The third kappa shape index (κ3) is 1.65. The number of alkyl halides is 3. The predicted octanol–water partition coefficient (Wildman–Crippen LogP) is 2.44. The Morgan fingerprint density at radius 2 is 1.83 bits per heavy atom. The minimum Gasteiger partial charge on any atom is -0.284 e. The summed E-state index contributed by atoms with van der Waals surface area (Å²) in [5, 5.41) is 0. The fourth-order valence-electron chi connectivity index (χ4n) is 2.12. The largest absolute Gasteiger partial charge is 0.418 e. The molecule has 0 spiro atoms. The topological polar surface area (TPSA) is 54.4 Å². The van der Waals surface area contributed by atoms with Crippen molar-refractivity contribution < 1.29 is 26.1 Å². The van der Waals surface area contributed by atoms with Crippen molar-refractivity contribution in [2.45, 2.75) is 17.3 Å². The van der Waals surface area contributed by atoms with Crippen LogP contribution < -0.4 is 0 Å². The first-order valence-electron chi connectivity index (χ1n) is 5.00. The highest BCUT2D eigenvalue weighted by Crippen LogP contribution is 2.49. The minimum atomic E-state index is -5.37. The van der Waals surface area contributed by atoms with E-state index < -0.39 is 26.6 Å². The van der Waals surface area contributed by atoms with Gasteiger partial charge in [-0.3, -0.25) is 4.55 Å². The molecule has 7 heteroatoms. The average Bonchev–Trinajstić information content (AvgIpc) is 2.25. The average molecular weight is 278 g/mol. The summed E-state index contributed by atoms with van der Waals surface area (Å²) in [5.74, 6) is 0. The van der Waals surface area contributed by atoms with Gasteiger partial charge in [-0.05, 0) is 17.5 Å². The zero-order valence-electron chi connectivity index (χ0n) is 8.98. The summed E-state index contributed by atoms with van der Waals surface area (Å²) >= 11 is 0. The minimum absolute atomic E-state index is 0.198. The first-order chi connectivity index (χ1) is 8.20. The molecule has 0 radical (unpaired) electrons. The zero-order valence-corrected chi connectivity index (χ0v) is 9.79. The molecular formula is C11H9F3O3S. The standard InChI is InChI=1S/C11H9F3O3S/c12-11(13,14)10(18(15,16)17)7-3-5-8-4-1-2-6-9(8)10/h1-4,6-7H,5H2,(H,15,16,17). The van der Waals surface area contributed by atoms with Crippen molar-refractivity contribution >= 4 is 10.1 Å². The molecule has 1 aliphatic carbocycles. The van der Waals surface area contributed by atoms with Crippen LogP contribution in [0.5, 0.6) is 0 Å². The van der Waals surface area contributed by atoms with Crippen LogP contribution in [0.25, 0.3) is 0 Å². The fraction of sp³-hybridized carbons (Fsp3) is 0.273. The highest BCUT2D eigenvalue weighted by atomic mass is 32.2. The summed E-state index contributed by atoms with van der Waals surface area (Å²) in [7, 11) is -5.37. The van der Waals surface area contributed by atoms with Crippen LogP contribution in [0.2, 0.25) is 0 Å². The molecule has 0 saturated carbocycles. The summed E-state index contributed by atoms with van der Waals surface area (Å²) in [6, 6.07) is 5.30. The molecule has 98 valence electrons. The van der Waals surface area contributed by atoms with Gasteiger partial charge in [0.1, 0.15) is 0 Å². The Morgan fingerprint density at radius 3 is 2.39 bits per heavy atom. The number of halogens is 3. The lowest BCUT2D eigenvalue weighted by Gasteiger charge is -2.33. The van der Waals surface area contributed by atoms with Gasteiger partial charge >= 0.3 is 6.18 Å². The van der Waals surface area contributed by atoms with Crippen LogP contribution in [0.1, 0.15) is 11.1 Å². The third-order valence-electron chi connectivity index (χ3n) is 2.94. The Hall–Kier alpha value is -1.34. The molecule has 0 amide bonds. The van der Waals surface area contributed by atoms with Gasteiger partial charge in [-0.1, -0.05) is 36.4 Å². The molecule has 1 atom stereocenters. The van der Waals surface area contributed by atoms with Crippen LogP contribution >= 0.6 is 0 Å². The lowest BCUT2D eigenvalue weighted by Crippen LogP contribution is -2.48. The normalized spacial score (nSPS) is 23.8. The molecule has 3 nitrogen and oxygen atoms in total. The number of hydrogen-bond donors (Lipinski definition) is 1. The van der Waals surface area contributed by atoms with Crippen molar-refractivity contribution in [2.75, 3.05) is 0 Å². The highest BCUT2D eigenvalue weighted by molar-refractivity contribution is 7.87. The van der Waals surface area contributed by atoms with Crippen LogP contribution in [0.3, 0.4) is 0 Å². The second kappa shape index (κ2) is 3.83. The van der Waals surface area contributed by atoms with Gasteiger partial charge in [0.05, 0.1) is 0 Å². The summed E-state index contributed by atoms with van der Waals surface area (Å²) in [4.78, 5) is 0. The Kier molecular flexibility index (Phi) is 2.78. The van der Waals surface area contributed by atoms with E-state index in [1.54, 1.807) is 0 Å². The molecule has 0 bridgehead atoms. The third-order valence-corrected chi connectivity index (χ3v) is 4.34. The Bertz CT molecular complexity index is 604. The Morgan fingerprint density at radius 1 is 1.22 bits per heavy atom. The number of benzene rings is 1. The van der Waals surface area contributed by atoms with Crippen molar-refractivity contribution in [3.63, 3.8) is 0 Å². The molecular weight excluding hydrogens is 269 g/mol.